The highest BCUT2D eigenvalue weighted by Crippen LogP contribution is 2.23. The molecule has 1 fully saturated rings. The molecule has 0 radical (unpaired) electrons. The summed E-state index contributed by atoms with van der Waals surface area (Å²) in [4.78, 5) is 2.35. The van der Waals surface area contributed by atoms with Crippen LogP contribution in [0.1, 0.15) is 24.5 Å². The first-order valence-electron chi connectivity index (χ1n) is 6.54. The fourth-order valence-electron chi connectivity index (χ4n) is 2.29. The number of hydrogen-bond acceptors (Lipinski definition) is 3. The molecule has 100 valence electrons. The van der Waals surface area contributed by atoms with Crippen LogP contribution in [0.25, 0.3) is 0 Å². The smallest absolute Gasteiger partial charge is 0.127 e. The number of hydrogen-bond donors (Lipinski definition) is 1. The van der Waals surface area contributed by atoms with Crippen LogP contribution in [0.15, 0.2) is 18.2 Å². The van der Waals surface area contributed by atoms with Gasteiger partial charge < -0.3 is 5.73 Å². The van der Waals surface area contributed by atoms with Crippen LogP contribution < -0.4 is 5.73 Å². The van der Waals surface area contributed by atoms with Gasteiger partial charge in [0.05, 0.1) is 0 Å². The van der Waals surface area contributed by atoms with Crippen molar-refractivity contribution < 1.29 is 4.39 Å². The van der Waals surface area contributed by atoms with E-state index < -0.39 is 0 Å². The van der Waals surface area contributed by atoms with Gasteiger partial charge in [0.15, 0.2) is 0 Å². The third-order valence-corrected chi connectivity index (χ3v) is 4.79. The van der Waals surface area contributed by atoms with Gasteiger partial charge in [0.2, 0.25) is 0 Å². The van der Waals surface area contributed by atoms with Gasteiger partial charge in [-0.2, -0.15) is 11.8 Å². The van der Waals surface area contributed by atoms with Gasteiger partial charge in [0.25, 0.3) is 0 Å². The van der Waals surface area contributed by atoms with Crippen molar-refractivity contribution >= 4 is 11.8 Å². The monoisotopic (exact) mass is 268 g/mol. The normalized spacial score (nSPS) is 21.2. The van der Waals surface area contributed by atoms with Crippen molar-refractivity contribution in [3.05, 3.63) is 35.1 Å². The summed E-state index contributed by atoms with van der Waals surface area (Å²) in [7, 11) is 0. The highest BCUT2D eigenvalue weighted by Gasteiger charge is 2.19. The Hall–Kier alpha value is -0.580. The Bertz CT molecular complexity index is 397. The van der Waals surface area contributed by atoms with Crippen molar-refractivity contribution in [2.24, 2.45) is 5.73 Å². The van der Waals surface area contributed by atoms with E-state index in [4.69, 9.17) is 5.73 Å². The van der Waals surface area contributed by atoms with E-state index in [-0.39, 0.29) is 5.82 Å². The lowest BCUT2D eigenvalue weighted by atomic mass is 10.1. The molecule has 2 rings (SSSR count). The number of nitrogens with zero attached hydrogens (tertiary/aromatic N) is 1. The highest BCUT2D eigenvalue weighted by atomic mass is 32.2. The molecule has 2 nitrogen and oxygen atoms in total. The van der Waals surface area contributed by atoms with Crippen LogP contribution in [0.2, 0.25) is 0 Å². The molecule has 1 heterocycles. The number of benzene rings is 1. The van der Waals surface area contributed by atoms with Crippen LogP contribution in [0.4, 0.5) is 4.39 Å². The maximum atomic E-state index is 13.8. The van der Waals surface area contributed by atoms with E-state index in [0.717, 1.165) is 30.0 Å². The first kappa shape index (κ1) is 13.8. The van der Waals surface area contributed by atoms with Crippen molar-refractivity contribution in [1.82, 2.24) is 4.90 Å². The lowest BCUT2D eigenvalue weighted by Gasteiger charge is -2.32. The molecule has 4 heteroatoms. The molecule has 1 atom stereocenters. The van der Waals surface area contributed by atoms with Gasteiger partial charge in [-0.15, -0.1) is 0 Å². The minimum atomic E-state index is -0.113. The van der Waals surface area contributed by atoms with Gasteiger partial charge in [0.1, 0.15) is 5.82 Å². The number of nitrogens with two attached hydrogens (primary N) is 1. The SMILES string of the molecule is CCC1CN(Cc2cc(CN)ccc2F)CCS1. The van der Waals surface area contributed by atoms with E-state index in [2.05, 4.69) is 11.8 Å². The zero-order chi connectivity index (χ0) is 13.0. The van der Waals surface area contributed by atoms with Crippen LogP contribution in [0.3, 0.4) is 0 Å². The molecule has 1 aliphatic rings. The Balaban J connectivity index is 2.04. The summed E-state index contributed by atoms with van der Waals surface area (Å²) in [6, 6.07) is 5.20. The Morgan fingerprint density at radius 2 is 2.33 bits per heavy atom. The maximum Gasteiger partial charge on any atom is 0.127 e. The van der Waals surface area contributed by atoms with E-state index in [1.54, 1.807) is 6.07 Å². The average Bonchev–Trinajstić information content (AvgIpc) is 2.41. The highest BCUT2D eigenvalue weighted by molar-refractivity contribution is 8.00. The average molecular weight is 268 g/mol. The standard InChI is InChI=1S/C14H21FN2S/c1-2-13-10-17(5-6-18-13)9-12-7-11(8-16)3-4-14(12)15/h3-4,7,13H,2,5-6,8-10,16H2,1H3. The third kappa shape index (κ3) is 3.46. The molecule has 2 N–H and O–H groups in total. The van der Waals surface area contributed by atoms with Crippen LogP contribution in [0.5, 0.6) is 0 Å². The third-order valence-electron chi connectivity index (χ3n) is 3.42. The van der Waals surface area contributed by atoms with Crippen molar-refractivity contribution in [3.63, 3.8) is 0 Å². The molecule has 0 aromatic heterocycles. The lowest BCUT2D eigenvalue weighted by molar-refractivity contribution is 0.269. The quantitative estimate of drug-likeness (QED) is 0.910. The summed E-state index contributed by atoms with van der Waals surface area (Å²) < 4.78 is 13.8. The summed E-state index contributed by atoms with van der Waals surface area (Å²) >= 11 is 2.03. The zero-order valence-corrected chi connectivity index (χ0v) is 11.7. The minimum Gasteiger partial charge on any atom is -0.326 e. The fourth-order valence-corrected chi connectivity index (χ4v) is 3.54. The molecule has 1 aromatic carbocycles. The number of halogens is 1. The summed E-state index contributed by atoms with van der Waals surface area (Å²) in [5.74, 6) is 1.04. The topological polar surface area (TPSA) is 29.3 Å². The largest absolute Gasteiger partial charge is 0.326 e. The summed E-state index contributed by atoms with van der Waals surface area (Å²) in [6.07, 6.45) is 1.19. The second kappa shape index (κ2) is 6.55. The van der Waals surface area contributed by atoms with Crippen molar-refractivity contribution in [2.75, 3.05) is 18.8 Å². The second-order valence-electron chi connectivity index (χ2n) is 4.77. The van der Waals surface area contributed by atoms with E-state index in [9.17, 15) is 4.39 Å². The van der Waals surface area contributed by atoms with Crippen LogP contribution in [-0.4, -0.2) is 29.0 Å². The van der Waals surface area contributed by atoms with Crippen LogP contribution in [0, 0.1) is 5.82 Å². The van der Waals surface area contributed by atoms with Crippen molar-refractivity contribution in [1.29, 1.82) is 0 Å². The van der Waals surface area contributed by atoms with Crippen LogP contribution >= 0.6 is 11.8 Å². The van der Waals surface area contributed by atoms with E-state index in [0.29, 0.717) is 18.3 Å². The van der Waals surface area contributed by atoms with Crippen molar-refractivity contribution in [2.45, 2.75) is 31.7 Å². The first-order valence-corrected chi connectivity index (χ1v) is 7.59. The number of thioether (sulfide) groups is 1. The molecule has 1 aliphatic heterocycles. The number of rotatable bonds is 4. The van der Waals surface area contributed by atoms with E-state index >= 15 is 0 Å². The van der Waals surface area contributed by atoms with E-state index in [1.165, 1.54) is 12.5 Å². The van der Waals surface area contributed by atoms with E-state index in [1.807, 2.05) is 17.8 Å². The summed E-state index contributed by atoms with van der Waals surface area (Å²) in [5.41, 5.74) is 7.39. The molecule has 18 heavy (non-hydrogen) atoms. The molecular weight excluding hydrogens is 247 g/mol. The molecule has 1 aromatic rings. The van der Waals surface area contributed by atoms with Gasteiger partial charge in [-0.25, -0.2) is 4.39 Å². The van der Waals surface area contributed by atoms with Gasteiger partial charge in [-0.05, 0) is 18.1 Å². The maximum absolute atomic E-state index is 13.8. The molecule has 0 aliphatic carbocycles. The molecule has 1 unspecified atom stereocenters. The van der Waals surface area contributed by atoms with Gasteiger partial charge in [-0.1, -0.05) is 19.1 Å². The van der Waals surface area contributed by atoms with Gasteiger partial charge >= 0.3 is 0 Å². The van der Waals surface area contributed by atoms with Crippen LogP contribution in [-0.2, 0) is 13.1 Å². The molecule has 1 saturated heterocycles. The first-order chi connectivity index (χ1) is 8.72. The predicted octanol–water partition coefficient (Wildman–Crippen LogP) is 2.61. The Kier molecular flexibility index (Phi) is 5.03. The fraction of sp³-hybridized carbons (Fsp3) is 0.571. The molecule has 0 spiro atoms. The zero-order valence-electron chi connectivity index (χ0n) is 10.9. The minimum absolute atomic E-state index is 0.113. The second-order valence-corrected chi connectivity index (χ2v) is 6.17. The van der Waals surface area contributed by atoms with Crippen molar-refractivity contribution in [3.8, 4) is 0 Å². The Morgan fingerprint density at radius 3 is 3.06 bits per heavy atom. The lowest BCUT2D eigenvalue weighted by Crippen LogP contribution is -2.37. The summed E-state index contributed by atoms with van der Waals surface area (Å²) in [6.45, 7) is 5.51. The van der Waals surface area contributed by atoms with Gasteiger partial charge in [0, 0.05) is 42.7 Å². The Morgan fingerprint density at radius 1 is 1.50 bits per heavy atom. The molecule has 0 saturated carbocycles. The molecule has 0 amide bonds. The predicted molar refractivity (Wildman–Crippen MR) is 76.1 cm³/mol. The van der Waals surface area contributed by atoms with Gasteiger partial charge in [-0.3, -0.25) is 4.90 Å². The molecular formula is C14H21FN2S. The Labute approximate surface area is 113 Å². The summed E-state index contributed by atoms with van der Waals surface area (Å²) in [5, 5.41) is 0.694. The molecule has 0 bridgehead atoms.